The van der Waals surface area contributed by atoms with Crippen LogP contribution in [0, 0.1) is 12.8 Å². The Bertz CT molecular complexity index is 845. The lowest BCUT2D eigenvalue weighted by molar-refractivity contribution is -0.117. The van der Waals surface area contributed by atoms with Crippen LogP contribution in [0.4, 0.5) is 5.82 Å². The van der Waals surface area contributed by atoms with Crippen LogP contribution in [0.2, 0.25) is 0 Å². The van der Waals surface area contributed by atoms with Gasteiger partial charge in [-0.15, -0.1) is 0 Å². The van der Waals surface area contributed by atoms with Crippen molar-refractivity contribution in [3.63, 3.8) is 0 Å². The number of unbranched alkanes of at least 4 members (excludes halogenated alkanes) is 1. The highest BCUT2D eigenvalue weighted by atomic mass is 32.2. The van der Waals surface area contributed by atoms with Gasteiger partial charge in [-0.05, 0) is 20.3 Å². The number of nitrogen functional groups attached to an aromatic ring is 1. The third-order valence-electron chi connectivity index (χ3n) is 4.53. The molecule has 4 N–H and O–H groups in total. The maximum absolute atomic E-state index is 12.7. The summed E-state index contributed by atoms with van der Waals surface area (Å²) < 4.78 is 15.6. The molecule has 0 saturated carbocycles. The fourth-order valence-electron chi connectivity index (χ4n) is 2.63. The zero-order chi connectivity index (χ0) is 23.6. The maximum atomic E-state index is 12.7. The summed E-state index contributed by atoms with van der Waals surface area (Å²) in [6.07, 6.45) is 4.81. The first-order valence-electron chi connectivity index (χ1n) is 9.89. The van der Waals surface area contributed by atoms with Crippen molar-refractivity contribution < 1.29 is 28.5 Å². The second kappa shape index (κ2) is 12.9. The molecule has 0 aliphatic rings. The van der Waals surface area contributed by atoms with Gasteiger partial charge in [0.15, 0.2) is 5.12 Å². The highest BCUT2D eigenvalue weighted by Gasteiger charge is 2.21. The largest absolute Gasteiger partial charge is 0.469 e. The van der Waals surface area contributed by atoms with E-state index in [2.05, 4.69) is 14.5 Å². The summed E-state index contributed by atoms with van der Waals surface area (Å²) in [7, 11) is -4.65. The minimum atomic E-state index is -4.65. The lowest BCUT2D eigenvalue weighted by Gasteiger charge is -2.23. The lowest BCUT2D eigenvalue weighted by atomic mass is 10.1. The number of aryl methyl sites for hydroxylation is 1. The third kappa shape index (κ3) is 9.92. The van der Waals surface area contributed by atoms with E-state index in [9.17, 15) is 14.2 Å². The third-order valence-corrected chi connectivity index (χ3v) is 6.39. The number of anilines is 1. The van der Waals surface area contributed by atoms with Gasteiger partial charge in [0.2, 0.25) is 6.41 Å². The van der Waals surface area contributed by atoms with Crippen LogP contribution < -0.4 is 5.73 Å². The number of thioether (sulfide) groups is 1. The number of hydrogen-bond donors (Lipinski definition) is 3. The van der Waals surface area contributed by atoms with Crippen molar-refractivity contribution in [1.82, 2.24) is 14.9 Å². The van der Waals surface area contributed by atoms with Gasteiger partial charge in [0, 0.05) is 34.7 Å². The molecule has 0 aromatic carbocycles. The number of nitrogens with two attached hydrogens (primary N) is 1. The zero-order valence-electron chi connectivity index (χ0n) is 18.3. The maximum Gasteiger partial charge on any atom is 0.469 e. The summed E-state index contributed by atoms with van der Waals surface area (Å²) in [5, 5.41) is -0.0805. The number of nitrogens with zero attached hydrogens (tertiary/aromatic N) is 3. The van der Waals surface area contributed by atoms with Gasteiger partial charge in [-0.1, -0.05) is 38.5 Å². The molecular formula is C19H31N4O6PS. The van der Waals surface area contributed by atoms with Crippen molar-refractivity contribution in [2.45, 2.75) is 59.9 Å². The molecule has 0 aliphatic carbocycles. The molecule has 31 heavy (non-hydrogen) atoms. The van der Waals surface area contributed by atoms with E-state index in [1.807, 2.05) is 13.8 Å². The van der Waals surface area contributed by atoms with Gasteiger partial charge in [0.1, 0.15) is 11.6 Å². The van der Waals surface area contributed by atoms with E-state index in [1.54, 1.807) is 13.8 Å². The van der Waals surface area contributed by atoms with Gasteiger partial charge >= 0.3 is 7.82 Å². The average Bonchev–Trinajstić information content (AvgIpc) is 2.69. The normalized spacial score (nSPS) is 13.5. The van der Waals surface area contributed by atoms with E-state index >= 15 is 0 Å². The smallest absolute Gasteiger partial charge is 0.383 e. The van der Waals surface area contributed by atoms with Crippen LogP contribution in [0.15, 0.2) is 16.8 Å². The topological polar surface area (TPSA) is 156 Å². The first-order valence-corrected chi connectivity index (χ1v) is 12.2. The van der Waals surface area contributed by atoms with E-state index in [1.165, 1.54) is 11.1 Å². The number of carbonyl (C=O) groups excluding carboxylic acids is 2. The van der Waals surface area contributed by atoms with E-state index in [-0.39, 0.29) is 36.4 Å². The second-order valence-electron chi connectivity index (χ2n) is 7.11. The number of phosphoric acid groups is 1. The van der Waals surface area contributed by atoms with E-state index < -0.39 is 7.82 Å². The van der Waals surface area contributed by atoms with Gasteiger partial charge in [0.25, 0.3) is 0 Å². The van der Waals surface area contributed by atoms with Crippen molar-refractivity contribution in [2.75, 3.05) is 12.3 Å². The Hall–Kier alpha value is -1.78. The number of hydrogen-bond acceptors (Lipinski definition) is 8. The predicted molar refractivity (Wildman–Crippen MR) is 119 cm³/mol. The molecule has 0 spiro atoms. The van der Waals surface area contributed by atoms with Crippen LogP contribution in [0.25, 0.3) is 0 Å². The van der Waals surface area contributed by atoms with Gasteiger partial charge < -0.3 is 20.4 Å². The molecule has 1 atom stereocenters. The number of phosphoric ester groups is 1. The minimum Gasteiger partial charge on any atom is -0.383 e. The van der Waals surface area contributed by atoms with Crippen molar-refractivity contribution in [1.29, 1.82) is 0 Å². The number of rotatable bonds is 13. The lowest BCUT2D eigenvalue weighted by Crippen LogP contribution is -2.22. The van der Waals surface area contributed by atoms with E-state index in [4.69, 9.17) is 15.5 Å². The van der Waals surface area contributed by atoms with Crippen LogP contribution in [0.3, 0.4) is 0 Å². The molecule has 0 bridgehead atoms. The first kappa shape index (κ1) is 27.3. The molecule has 0 fully saturated rings. The first-order chi connectivity index (χ1) is 14.5. The number of amides is 1. The summed E-state index contributed by atoms with van der Waals surface area (Å²) in [6.45, 7) is 7.02. The number of carbonyl (C=O) groups is 2. The molecule has 1 aromatic heterocycles. The summed E-state index contributed by atoms with van der Waals surface area (Å²) >= 11 is 0.968. The Morgan fingerprint density at radius 1 is 1.45 bits per heavy atom. The molecule has 1 unspecified atom stereocenters. The average molecular weight is 475 g/mol. The highest BCUT2D eigenvalue weighted by Crippen LogP contribution is 2.37. The van der Waals surface area contributed by atoms with E-state index in [0.29, 0.717) is 28.4 Å². The monoisotopic (exact) mass is 474 g/mol. The van der Waals surface area contributed by atoms with Crippen molar-refractivity contribution >= 4 is 36.9 Å². The van der Waals surface area contributed by atoms with Crippen molar-refractivity contribution in [3.05, 3.63) is 28.2 Å². The molecule has 1 aromatic rings. The van der Waals surface area contributed by atoms with Gasteiger partial charge in [0.05, 0.1) is 13.2 Å². The number of allylic oxidation sites excluding steroid dienone is 1. The fourth-order valence-corrected chi connectivity index (χ4v) is 3.97. The summed E-state index contributed by atoms with van der Waals surface area (Å²) in [5.74, 6) is 0.556. The molecular weight excluding hydrogens is 443 g/mol. The van der Waals surface area contributed by atoms with Gasteiger partial charge in [-0.3, -0.25) is 14.1 Å². The van der Waals surface area contributed by atoms with Crippen LogP contribution in [-0.2, 0) is 25.2 Å². The standard InChI is InChI=1S/C19H31N4O6PS/c1-5-6-7-13(2)19(25)31-17(8-9-29-30(26,27)28)14(3)23(12-24)11-16-10-21-15(4)22-18(16)20/h10,12-13H,5-9,11H2,1-4H3,(H2,20,21,22)(H2,26,27,28)/b17-14-. The van der Waals surface area contributed by atoms with Gasteiger partial charge in [-0.25, -0.2) is 14.5 Å². The fraction of sp³-hybridized carbons (Fsp3) is 0.579. The summed E-state index contributed by atoms with van der Waals surface area (Å²) in [4.78, 5) is 52.4. The molecule has 10 nitrogen and oxygen atoms in total. The summed E-state index contributed by atoms with van der Waals surface area (Å²) in [6, 6.07) is 0. The van der Waals surface area contributed by atoms with Crippen LogP contribution in [-0.4, -0.2) is 42.8 Å². The van der Waals surface area contributed by atoms with Crippen molar-refractivity contribution in [3.8, 4) is 0 Å². The Morgan fingerprint density at radius 3 is 2.68 bits per heavy atom. The molecule has 1 rings (SSSR count). The quantitative estimate of drug-likeness (QED) is 0.287. The SMILES string of the molecule is CCCCC(C)C(=O)S/C(CCOP(=O)(O)O)=C(/C)N(C=O)Cc1cnc(C)nc1N. The van der Waals surface area contributed by atoms with Crippen LogP contribution in [0.5, 0.6) is 0 Å². The molecule has 1 amide bonds. The predicted octanol–water partition coefficient (Wildman–Crippen LogP) is 3.14. The molecule has 174 valence electrons. The molecule has 1 heterocycles. The Balaban J connectivity index is 3.11. The second-order valence-corrected chi connectivity index (χ2v) is 9.45. The Morgan fingerprint density at radius 2 is 2.13 bits per heavy atom. The summed E-state index contributed by atoms with van der Waals surface area (Å²) in [5.41, 5.74) is 6.92. The van der Waals surface area contributed by atoms with Crippen LogP contribution >= 0.6 is 19.6 Å². The Labute approximate surface area is 186 Å². The molecule has 0 radical (unpaired) electrons. The van der Waals surface area contributed by atoms with E-state index in [0.717, 1.165) is 31.0 Å². The van der Waals surface area contributed by atoms with Crippen LogP contribution in [0.1, 0.15) is 57.8 Å². The minimum absolute atomic E-state index is 0.0536. The zero-order valence-corrected chi connectivity index (χ0v) is 20.0. The van der Waals surface area contributed by atoms with Crippen molar-refractivity contribution in [2.24, 2.45) is 5.92 Å². The Kier molecular flexibility index (Phi) is 11.4. The number of aromatic nitrogens is 2. The molecule has 0 saturated heterocycles. The molecule has 12 heteroatoms. The van der Waals surface area contributed by atoms with Gasteiger partial charge in [-0.2, -0.15) is 0 Å². The molecule has 0 aliphatic heterocycles. The highest BCUT2D eigenvalue weighted by molar-refractivity contribution is 8.17.